The van der Waals surface area contributed by atoms with E-state index in [1.165, 1.54) is 0 Å². The van der Waals surface area contributed by atoms with Gasteiger partial charge in [-0.15, -0.1) is 0 Å². The molecule has 3 heteroatoms. The molecule has 0 unspecified atom stereocenters. The third-order valence-electron chi connectivity index (χ3n) is 3.61. The van der Waals surface area contributed by atoms with Gasteiger partial charge in [-0.1, -0.05) is 44.9 Å². The zero-order chi connectivity index (χ0) is 15.0. The Morgan fingerprint density at radius 1 is 1.15 bits per heavy atom. The van der Waals surface area contributed by atoms with E-state index in [1.54, 1.807) is 4.90 Å². The molecule has 0 aliphatic carbocycles. The Morgan fingerprint density at radius 2 is 1.70 bits per heavy atom. The van der Waals surface area contributed by atoms with E-state index in [9.17, 15) is 10.1 Å². The fourth-order valence-corrected chi connectivity index (χ4v) is 2.66. The Labute approximate surface area is 122 Å². The molecule has 1 aromatic rings. The number of carbonyl (C=O) groups is 1. The van der Waals surface area contributed by atoms with Crippen LogP contribution in [-0.2, 0) is 4.79 Å². The molecule has 20 heavy (non-hydrogen) atoms. The van der Waals surface area contributed by atoms with E-state index >= 15 is 0 Å². The van der Waals surface area contributed by atoms with Crippen molar-refractivity contribution in [2.45, 2.75) is 46.5 Å². The number of carbonyl (C=O) groups excluding carboxylic acids is 1. The summed E-state index contributed by atoms with van der Waals surface area (Å²) in [7, 11) is 0. The van der Waals surface area contributed by atoms with Crippen molar-refractivity contribution in [2.75, 3.05) is 11.4 Å². The summed E-state index contributed by atoms with van der Waals surface area (Å²) in [6, 6.07) is 11.9. The monoisotopic (exact) mass is 272 g/mol. The molecule has 0 atom stereocenters. The van der Waals surface area contributed by atoms with Crippen LogP contribution in [0.1, 0.15) is 46.5 Å². The Kier molecular flexibility index (Phi) is 6.24. The number of amides is 1. The fourth-order valence-electron chi connectivity index (χ4n) is 2.66. The first-order valence-corrected chi connectivity index (χ1v) is 7.43. The zero-order valence-electron chi connectivity index (χ0n) is 12.7. The first-order chi connectivity index (χ1) is 9.65. The van der Waals surface area contributed by atoms with Crippen molar-refractivity contribution < 1.29 is 4.79 Å². The second kappa shape index (κ2) is 7.69. The summed E-state index contributed by atoms with van der Waals surface area (Å²) in [5, 5.41) is 9.60. The minimum absolute atomic E-state index is 0.0580. The standard InChI is InChI=1S/C17H24N2O/c1-4-12-17(14-18,13-5-2)16(20)19(6-3)15-10-8-7-9-11-15/h7-11H,4-6,12-13H2,1-3H3. The molecule has 0 aliphatic heterocycles. The lowest BCUT2D eigenvalue weighted by atomic mass is 9.79. The summed E-state index contributed by atoms with van der Waals surface area (Å²) in [5.41, 5.74) is -0.0122. The molecule has 1 rings (SSSR count). The molecule has 1 aromatic carbocycles. The molecule has 0 aromatic heterocycles. The van der Waals surface area contributed by atoms with Gasteiger partial charge in [0.1, 0.15) is 5.41 Å². The van der Waals surface area contributed by atoms with Crippen molar-refractivity contribution in [1.29, 1.82) is 5.26 Å². The minimum Gasteiger partial charge on any atom is -0.311 e. The molecule has 0 aliphatic rings. The Balaban J connectivity index is 3.12. The third kappa shape index (κ3) is 3.39. The maximum absolute atomic E-state index is 12.9. The molecule has 0 fully saturated rings. The molecule has 0 spiro atoms. The summed E-state index contributed by atoms with van der Waals surface area (Å²) in [6.45, 7) is 6.58. The van der Waals surface area contributed by atoms with Crippen molar-refractivity contribution in [3.63, 3.8) is 0 Å². The molecule has 0 radical (unpaired) electrons. The smallest absolute Gasteiger partial charge is 0.247 e. The van der Waals surface area contributed by atoms with Crippen molar-refractivity contribution >= 4 is 11.6 Å². The van der Waals surface area contributed by atoms with E-state index < -0.39 is 5.41 Å². The summed E-state index contributed by atoms with van der Waals surface area (Å²) in [6.07, 6.45) is 2.93. The average Bonchev–Trinajstić information content (AvgIpc) is 2.48. The molecule has 0 bridgehead atoms. The first kappa shape index (κ1) is 16.2. The third-order valence-corrected chi connectivity index (χ3v) is 3.61. The van der Waals surface area contributed by atoms with E-state index in [2.05, 4.69) is 6.07 Å². The number of hydrogen-bond donors (Lipinski definition) is 0. The molecular weight excluding hydrogens is 248 g/mol. The zero-order valence-corrected chi connectivity index (χ0v) is 12.7. The Bertz CT molecular complexity index is 456. The maximum atomic E-state index is 12.9. The summed E-state index contributed by atoms with van der Waals surface area (Å²) < 4.78 is 0. The van der Waals surface area contributed by atoms with Gasteiger partial charge in [-0.25, -0.2) is 0 Å². The predicted molar refractivity (Wildman–Crippen MR) is 82.3 cm³/mol. The van der Waals surface area contributed by atoms with Crippen LogP contribution in [0, 0.1) is 16.7 Å². The number of benzene rings is 1. The number of para-hydroxylation sites is 1. The first-order valence-electron chi connectivity index (χ1n) is 7.43. The lowest BCUT2D eigenvalue weighted by molar-refractivity contribution is -0.126. The maximum Gasteiger partial charge on any atom is 0.247 e. The second-order valence-electron chi connectivity index (χ2n) is 5.08. The predicted octanol–water partition coefficient (Wildman–Crippen LogP) is 4.15. The number of anilines is 1. The fraction of sp³-hybridized carbons (Fsp3) is 0.529. The van der Waals surface area contributed by atoms with Crippen LogP contribution < -0.4 is 4.90 Å². The number of rotatable bonds is 7. The van der Waals surface area contributed by atoms with Crippen LogP contribution in [0.5, 0.6) is 0 Å². The van der Waals surface area contributed by atoms with Gasteiger partial charge in [0.15, 0.2) is 0 Å². The minimum atomic E-state index is -0.880. The van der Waals surface area contributed by atoms with Crippen LogP contribution in [0.25, 0.3) is 0 Å². The van der Waals surface area contributed by atoms with Gasteiger partial charge in [-0.3, -0.25) is 4.79 Å². The highest BCUT2D eigenvalue weighted by Gasteiger charge is 2.40. The van der Waals surface area contributed by atoms with Gasteiger partial charge in [0.05, 0.1) is 6.07 Å². The molecule has 0 heterocycles. The van der Waals surface area contributed by atoms with Crippen LogP contribution >= 0.6 is 0 Å². The molecule has 0 N–H and O–H groups in total. The highest BCUT2D eigenvalue weighted by molar-refractivity contribution is 5.99. The largest absolute Gasteiger partial charge is 0.311 e. The van der Waals surface area contributed by atoms with E-state index in [-0.39, 0.29) is 5.91 Å². The quantitative estimate of drug-likeness (QED) is 0.748. The summed E-state index contributed by atoms with van der Waals surface area (Å²) in [5.74, 6) is -0.0580. The van der Waals surface area contributed by atoms with Gasteiger partial charge >= 0.3 is 0 Å². The van der Waals surface area contributed by atoms with Crippen molar-refractivity contribution in [2.24, 2.45) is 5.41 Å². The topological polar surface area (TPSA) is 44.1 Å². The van der Waals surface area contributed by atoms with Gasteiger partial charge in [0.25, 0.3) is 0 Å². The van der Waals surface area contributed by atoms with Crippen LogP contribution in [0.3, 0.4) is 0 Å². The lowest BCUT2D eigenvalue weighted by Crippen LogP contribution is -2.43. The lowest BCUT2D eigenvalue weighted by Gasteiger charge is -2.31. The van der Waals surface area contributed by atoms with Gasteiger partial charge in [0, 0.05) is 12.2 Å². The van der Waals surface area contributed by atoms with Gasteiger partial charge in [-0.05, 0) is 31.9 Å². The molecule has 108 valence electrons. The van der Waals surface area contributed by atoms with E-state index in [0.717, 1.165) is 18.5 Å². The van der Waals surface area contributed by atoms with Crippen LogP contribution in [-0.4, -0.2) is 12.5 Å². The molecular formula is C17H24N2O. The van der Waals surface area contributed by atoms with Crippen LogP contribution in [0.4, 0.5) is 5.69 Å². The van der Waals surface area contributed by atoms with E-state index in [1.807, 2.05) is 51.1 Å². The van der Waals surface area contributed by atoms with Gasteiger partial charge in [-0.2, -0.15) is 5.26 Å². The molecule has 0 saturated heterocycles. The number of nitriles is 1. The van der Waals surface area contributed by atoms with Crippen molar-refractivity contribution in [3.8, 4) is 6.07 Å². The second-order valence-corrected chi connectivity index (χ2v) is 5.08. The molecule has 0 saturated carbocycles. The molecule has 3 nitrogen and oxygen atoms in total. The van der Waals surface area contributed by atoms with E-state index in [4.69, 9.17) is 0 Å². The van der Waals surface area contributed by atoms with Crippen LogP contribution in [0.2, 0.25) is 0 Å². The Hall–Kier alpha value is -1.82. The number of hydrogen-bond acceptors (Lipinski definition) is 2. The summed E-state index contributed by atoms with van der Waals surface area (Å²) >= 11 is 0. The van der Waals surface area contributed by atoms with Crippen LogP contribution in [0.15, 0.2) is 30.3 Å². The highest BCUT2D eigenvalue weighted by atomic mass is 16.2. The van der Waals surface area contributed by atoms with Crippen molar-refractivity contribution in [3.05, 3.63) is 30.3 Å². The normalized spacial score (nSPS) is 10.9. The summed E-state index contributed by atoms with van der Waals surface area (Å²) in [4.78, 5) is 14.6. The molecule has 1 amide bonds. The van der Waals surface area contributed by atoms with Gasteiger partial charge < -0.3 is 4.90 Å². The van der Waals surface area contributed by atoms with E-state index in [0.29, 0.717) is 19.4 Å². The highest BCUT2D eigenvalue weighted by Crippen LogP contribution is 2.33. The average molecular weight is 272 g/mol. The Morgan fingerprint density at radius 3 is 2.10 bits per heavy atom. The SMILES string of the molecule is CCCC(C#N)(CCC)C(=O)N(CC)c1ccccc1. The van der Waals surface area contributed by atoms with Crippen molar-refractivity contribution in [1.82, 2.24) is 0 Å². The van der Waals surface area contributed by atoms with Gasteiger partial charge in [0.2, 0.25) is 5.91 Å². The number of nitrogens with zero attached hydrogens (tertiary/aromatic N) is 2.